The molecular formula is C19H29N3O5. The quantitative estimate of drug-likeness (QED) is 0.867. The number of carbonyl (C=O) groups is 2. The molecule has 1 amide bonds. The van der Waals surface area contributed by atoms with Crippen LogP contribution in [-0.4, -0.2) is 63.8 Å². The van der Waals surface area contributed by atoms with E-state index in [9.17, 15) is 14.7 Å². The van der Waals surface area contributed by atoms with E-state index in [1.807, 2.05) is 20.8 Å². The Hall–Kier alpha value is -2.09. The summed E-state index contributed by atoms with van der Waals surface area (Å²) in [6.07, 6.45) is 4.42. The van der Waals surface area contributed by atoms with Crippen LogP contribution in [0.3, 0.4) is 0 Å². The van der Waals surface area contributed by atoms with Gasteiger partial charge < -0.3 is 19.5 Å². The lowest BCUT2D eigenvalue weighted by atomic mass is 9.94. The molecule has 3 heterocycles. The number of aromatic carboxylic acids is 1. The summed E-state index contributed by atoms with van der Waals surface area (Å²) in [7, 11) is 0. The summed E-state index contributed by atoms with van der Waals surface area (Å²) in [5.41, 5.74) is 0.446. The lowest BCUT2D eigenvalue weighted by Gasteiger charge is -2.33. The number of piperidine rings is 1. The third kappa shape index (κ3) is 4.80. The van der Waals surface area contributed by atoms with Crippen molar-refractivity contribution < 1.29 is 24.2 Å². The second-order valence-corrected chi connectivity index (χ2v) is 8.30. The molecule has 3 rings (SSSR count). The van der Waals surface area contributed by atoms with Crippen molar-refractivity contribution in [2.45, 2.75) is 64.0 Å². The number of rotatable bonds is 3. The fourth-order valence-corrected chi connectivity index (χ4v) is 3.67. The number of aromatic nitrogens is 2. The summed E-state index contributed by atoms with van der Waals surface area (Å²) in [6, 6.07) is 0.0929. The lowest BCUT2D eigenvalue weighted by Crippen LogP contribution is -2.42. The van der Waals surface area contributed by atoms with Gasteiger partial charge in [-0.05, 0) is 46.5 Å². The number of carboxylic acids is 1. The second-order valence-electron chi connectivity index (χ2n) is 8.30. The summed E-state index contributed by atoms with van der Waals surface area (Å²) in [5, 5.41) is 14.2. The molecule has 0 atom stereocenters. The van der Waals surface area contributed by atoms with Gasteiger partial charge in [0.15, 0.2) is 0 Å². The third-order valence-corrected chi connectivity index (χ3v) is 5.09. The van der Waals surface area contributed by atoms with Crippen LogP contribution in [0.25, 0.3) is 0 Å². The fraction of sp³-hybridized carbons (Fsp3) is 0.737. The third-order valence-electron chi connectivity index (χ3n) is 5.09. The fourth-order valence-electron chi connectivity index (χ4n) is 3.67. The zero-order valence-corrected chi connectivity index (χ0v) is 16.3. The van der Waals surface area contributed by atoms with E-state index in [1.54, 1.807) is 15.8 Å². The van der Waals surface area contributed by atoms with E-state index in [0.29, 0.717) is 32.0 Å². The van der Waals surface area contributed by atoms with Gasteiger partial charge in [0.1, 0.15) is 11.2 Å². The highest BCUT2D eigenvalue weighted by molar-refractivity contribution is 5.88. The van der Waals surface area contributed by atoms with E-state index in [2.05, 4.69) is 5.10 Å². The van der Waals surface area contributed by atoms with Crippen molar-refractivity contribution in [2.24, 2.45) is 0 Å². The number of nitrogens with zero attached hydrogens (tertiary/aromatic N) is 3. The van der Waals surface area contributed by atoms with Crippen LogP contribution in [0.2, 0.25) is 0 Å². The smallest absolute Gasteiger partial charge is 0.410 e. The van der Waals surface area contributed by atoms with E-state index in [1.165, 1.54) is 0 Å². The van der Waals surface area contributed by atoms with E-state index in [0.717, 1.165) is 25.7 Å². The minimum absolute atomic E-state index is 0.0929. The first kappa shape index (κ1) is 19.7. The number of carboxylic acid groups (broad SMARTS) is 1. The number of hydrogen-bond acceptors (Lipinski definition) is 5. The first-order chi connectivity index (χ1) is 12.7. The molecule has 8 nitrogen and oxygen atoms in total. The van der Waals surface area contributed by atoms with Crippen LogP contribution in [0.15, 0.2) is 6.20 Å². The molecular weight excluding hydrogens is 350 g/mol. The van der Waals surface area contributed by atoms with Crippen LogP contribution in [0.4, 0.5) is 4.79 Å². The number of ether oxygens (including phenoxy) is 2. The maximum atomic E-state index is 12.2. The van der Waals surface area contributed by atoms with E-state index in [-0.39, 0.29) is 23.6 Å². The molecule has 0 saturated carbocycles. The van der Waals surface area contributed by atoms with Gasteiger partial charge in [0.25, 0.3) is 0 Å². The van der Waals surface area contributed by atoms with Crippen molar-refractivity contribution in [1.82, 2.24) is 14.7 Å². The highest BCUT2D eigenvalue weighted by Gasteiger charge is 2.31. The van der Waals surface area contributed by atoms with Crippen LogP contribution in [0, 0.1) is 0 Å². The van der Waals surface area contributed by atoms with Crippen LogP contribution >= 0.6 is 0 Å². The Morgan fingerprint density at radius 2 is 1.81 bits per heavy atom. The maximum Gasteiger partial charge on any atom is 0.410 e. The van der Waals surface area contributed by atoms with Crippen molar-refractivity contribution in [3.05, 3.63) is 17.5 Å². The van der Waals surface area contributed by atoms with Gasteiger partial charge in [0.2, 0.25) is 0 Å². The minimum Gasteiger partial charge on any atom is -0.478 e. The Morgan fingerprint density at radius 1 is 1.19 bits per heavy atom. The molecule has 0 bridgehead atoms. The van der Waals surface area contributed by atoms with Gasteiger partial charge >= 0.3 is 12.1 Å². The molecule has 0 aromatic carbocycles. The molecule has 0 aliphatic carbocycles. The molecule has 150 valence electrons. The molecule has 1 aromatic heterocycles. The van der Waals surface area contributed by atoms with Crippen molar-refractivity contribution in [2.75, 3.05) is 26.3 Å². The Bertz CT molecular complexity index is 680. The van der Waals surface area contributed by atoms with Gasteiger partial charge in [0, 0.05) is 38.4 Å². The SMILES string of the molecule is CC(C)(C)OC(=O)N1CCC(n2cc(C(=O)O)c(C3CCOCC3)n2)CC1. The first-order valence-electron chi connectivity index (χ1n) is 9.62. The lowest BCUT2D eigenvalue weighted by molar-refractivity contribution is 0.0184. The predicted octanol–water partition coefficient (Wildman–Crippen LogP) is 3.05. The molecule has 0 spiro atoms. The topological polar surface area (TPSA) is 93.9 Å². The van der Waals surface area contributed by atoms with Gasteiger partial charge in [-0.15, -0.1) is 0 Å². The molecule has 2 aliphatic rings. The van der Waals surface area contributed by atoms with Crippen molar-refractivity contribution in [3.63, 3.8) is 0 Å². The van der Waals surface area contributed by atoms with E-state index >= 15 is 0 Å². The van der Waals surface area contributed by atoms with Crippen LogP contribution in [0.5, 0.6) is 0 Å². The summed E-state index contributed by atoms with van der Waals surface area (Å²) < 4.78 is 12.6. The Morgan fingerprint density at radius 3 is 2.37 bits per heavy atom. The molecule has 0 unspecified atom stereocenters. The molecule has 1 aromatic rings. The maximum absolute atomic E-state index is 12.2. The Balaban J connectivity index is 1.67. The van der Waals surface area contributed by atoms with E-state index in [4.69, 9.17) is 9.47 Å². The van der Waals surface area contributed by atoms with Crippen molar-refractivity contribution in [3.8, 4) is 0 Å². The van der Waals surface area contributed by atoms with Gasteiger partial charge in [0.05, 0.1) is 11.7 Å². The van der Waals surface area contributed by atoms with E-state index < -0.39 is 11.6 Å². The molecule has 2 aliphatic heterocycles. The summed E-state index contributed by atoms with van der Waals surface area (Å²) in [6.45, 7) is 8.00. The Kier molecular flexibility index (Phi) is 5.74. The average molecular weight is 379 g/mol. The number of amides is 1. The first-order valence-corrected chi connectivity index (χ1v) is 9.62. The van der Waals surface area contributed by atoms with Gasteiger partial charge in [-0.3, -0.25) is 4.68 Å². The molecule has 1 N–H and O–H groups in total. The monoisotopic (exact) mass is 379 g/mol. The average Bonchev–Trinajstić information content (AvgIpc) is 3.07. The van der Waals surface area contributed by atoms with Crippen LogP contribution in [0.1, 0.15) is 74.5 Å². The second kappa shape index (κ2) is 7.88. The largest absolute Gasteiger partial charge is 0.478 e. The highest BCUT2D eigenvalue weighted by Crippen LogP contribution is 2.31. The highest BCUT2D eigenvalue weighted by atomic mass is 16.6. The number of carbonyl (C=O) groups excluding carboxylic acids is 1. The van der Waals surface area contributed by atoms with Crippen molar-refractivity contribution >= 4 is 12.1 Å². The number of likely N-dealkylation sites (tertiary alicyclic amines) is 1. The van der Waals surface area contributed by atoms with Crippen LogP contribution < -0.4 is 0 Å². The number of hydrogen-bond donors (Lipinski definition) is 1. The predicted molar refractivity (Wildman–Crippen MR) is 98.1 cm³/mol. The zero-order valence-electron chi connectivity index (χ0n) is 16.3. The molecule has 2 saturated heterocycles. The van der Waals surface area contributed by atoms with Crippen LogP contribution in [-0.2, 0) is 9.47 Å². The molecule has 0 radical (unpaired) electrons. The summed E-state index contributed by atoms with van der Waals surface area (Å²) >= 11 is 0. The summed E-state index contributed by atoms with van der Waals surface area (Å²) in [4.78, 5) is 25.6. The summed E-state index contributed by atoms with van der Waals surface area (Å²) in [5.74, 6) is -0.804. The molecule has 2 fully saturated rings. The molecule has 27 heavy (non-hydrogen) atoms. The minimum atomic E-state index is -0.936. The van der Waals surface area contributed by atoms with Gasteiger partial charge in [-0.25, -0.2) is 9.59 Å². The normalized spacial score (nSPS) is 19.9. The molecule has 8 heteroatoms. The Labute approximate surface area is 159 Å². The van der Waals surface area contributed by atoms with Gasteiger partial charge in [-0.2, -0.15) is 5.10 Å². The zero-order chi connectivity index (χ0) is 19.6. The van der Waals surface area contributed by atoms with Crippen molar-refractivity contribution in [1.29, 1.82) is 0 Å². The standard InChI is InChI=1S/C19H29N3O5/c1-19(2,3)27-18(25)21-8-4-14(5-9-21)22-12-15(17(23)24)16(20-22)13-6-10-26-11-7-13/h12-14H,4-11H2,1-3H3,(H,23,24). The van der Waals surface area contributed by atoms with Gasteiger partial charge in [-0.1, -0.05) is 0 Å².